The van der Waals surface area contributed by atoms with Gasteiger partial charge in [-0.2, -0.15) is 0 Å². The van der Waals surface area contributed by atoms with Crippen LogP contribution in [0.4, 0.5) is 4.39 Å². The van der Waals surface area contributed by atoms with E-state index in [-0.39, 0.29) is 17.9 Å². The molecule has 2 nitrogen and oxygen atoms in total. The van der Waals surface area contributed by atoms with Crippen molar-refractivity contribution in [2.75, 3.05) is 13.1 Å². The maximum Gasteiger partial charge on any atom is 0.128 e. The normalized spacial score (nSPS) is 25.3. The molecule has 1 aliphatic heterocycles. The maximum atomic E-state index is 14.0. The highest BCUT2D eigenvalue weighted by Gasteiger charge is 2.31. The molecule has 0 radical (unpaired) electrons. The van der Waals surface area contributed by atoms with E-state index in [2.05, 4.69) is 11.8 Å². The summed E-state index contributed by atoms with van der Waals surface area (Å²) in [7, 11) is 0. The SMILES string of the molecule is CCCN1CCCC(N)C1c1cc(Cl)ccc1F. The predicted octanol–water partition coefficient (Wildman–Crippen LogP) is 3.35. The fraction of sp³-hybridized carbons (Fsp3) is 0.571. The second-order valence-corrected chi connectivity index (χ2v) is 5.39. The molecular formula is C14H20ClFN2. The number of likely N-dealkylation sites (tertiary alicyclic amines) is 1. The number of halogens is 2. The Morgan fingerprint density at radius 1 is 1.50 bits per heavy atom. The van der Waals surface area contributed by atoms with E-state index in [1.54, 1.807) is 12.1 Å². The monoisotopic (exact) mass is 270 g/mol. The van der Waals surface area contributed by atoms with E-state index < -0.39 is 0 Å². The third-order valence-corrected chi connectivity index (χ3v) is 3.80. The number of hydrogen-bond acceptors (Lipinski definition) is 2. The van der Waals surface area contributed by atoms with Gasteiger partial charge in [0.15, 0.2) is 0 Å². The van der Waals surface area contributed by atoms with Crippen molar-refractivity contribution in [3.63, 3.8) is 0 Å². The van der Waals surface area contributed by atoms with Crippen LogP contribution in [-0.4, -0.2) is 24.0 Å². The van der Waals surface area contributed by atoms with Crippen molar-refractivity contribution >= 4 is 11.6 Å². The topological polar surface area (TPSA) is 29.3 Å². The average Bonchev–Trinajstić information content (AvgIpc) is 2.34. The molecule has 0 amide bonds. The fourth-order valence-corrected chi connectivity index (χ4v) is 2.99. The van der Waals surface area contributed by atoms with E-state index in [1.807, 2.05) is 0 Å². The highest BCUT2D eigenvalue weighted by atomic mass is 35.5. The number of hydrogen-bond donors (Lipinski definition) is 1. The highest BCUT2D eigenvalue weighted by molar-refractivity contribution is 6.30. The van der Waals surface area contributed by atoms with Gasteiger partial charge in [-0.1, -0.05) is 18.5 Å². The van der Waals surface area contributed by atoms with Crippen molar-refractivity contribution in [1.29, 1.82) is 0 Å². The lowest BCUT2D eigenvalue weighted by atomic mass is 9.90. The van der Waals surface area contributed by atoms with Gasteiger partial charge in [-0.3, -0.25) is 4.90 Å². The first-order valence-electron chi connectivity index (χ1n) is 6.58. The summed E-state index contributed by atoms with van der Waals surface area (Å²) >= 11 is 5.98. The van der Waals surface area contributed by atoms with Crippen LogP contribution in [0.5, 0.6) is 0 Å². The van der Waals surface area contributed by atoms with Gasteiger partial charge in [0.1, 0.15) is 5.82 Å². The van der Waals surface area contributed by atoms with Gasteiger partial charge >= 0.3 is 0 Å². The molecule has 0 bridgehead atoms. The number of nitrogens with zero attached hydrogens (tertiary/aromatic N) is 1. The van der Waals surface area contributed by atoms with Crippen LogP contribution < -0.4 is 5.73 Å². The lowest BCUT2D eigenvalue weighted by molar-refractivity contribution is 0.126. The van der Waals surface area contributed by atoms with E-state index in [0.29, 0.717) is 10.6 Å². The van der Waals surface area contributed by atoms with Crippen molar-refractivity contribution in [2.24, 2.45) is 5.73 Å². The van der Waals surface area contributed by atoms with Crippen LogP contribution in [0.15, 0.2) is 18.2 Å². The summed E-state index contributed by atoms with van der Waals surface area (Å²) in [6, 6.07) is 4.67. The number of benzene rings is 1. The molecule has 1 saturated heterocycles. The Labute approximate surface area is 113 Å². The predicted molar refractivity (Wildman–Crippen MR) is 73.2 cm³/mol. The van der Waals surface area contributed by atoms with Gasteiger partial charge in [-0.15, -0.1) is 0 Å². The maximum absolute atomic E-state index is 14.0. The third kappa shape index (κ3) is 2.85. The fourth-order valence-electron chi connectivity index (χ4n) is 2.80. The second kappa shape index (κ2) is 6.00. The van der Waals surface area contributed by atoms with Crippen LogP contribution in [-0.2, 0) is 0 Å². The van der Waals surface area contributed by atoms with Gasteiger partial charge < -0.3 is 5.73 Å². The van der Waals surface area contributed by atoms with E-state index in [0.717, 1.165) is 32.4 Å². The molecule has 18 heavy (non-hydrogen) atoms. The molecule has 2 rings (SSSR count). The van der Waals surface area contributed by atoms with Gasteiger partial charge in [-0.05, 0) is 50.6 Å². The molecule has 0 aliphatic carbocycles. The zero-order valence-corrected chi connectivity index (χ0v) is 11.5. The minimum Gasteiger partial charge on any atom is -0.326 e. The van der Waals surface area contributed by atoms with Gasteiger partial charge in [0.25, 0.3) is 0 Å². The third-order valence-electron chi connectivity index (χ3n) is 3.57. The van der Waals surface area contributed by atoms with Gasteiger partial charge in [0.2, 0.25) is 0 Å². The standard InChI is InChI=1S/C14H20ClFN2/c1-2-7-18-8-3-4-13(17)14(18)11-9-10(15)5-6-12(11)16/h5-6,9,13-14H,2-4,7-8,17H2,1H3. The zero-order chi connectivity index (χ0) is 13.1. The minimum absolute atomic E-state index is 0.0155. The smallest absolute Gasteiger partial charge is 0.128 e. The second-order valence-electron chi connectivity index (χ2n) is 4.95. The lowest BCUT2D eigenvalue weighted by Gasteiger charge is -2.40. The molecule has 1 fully saturated rings. The molecule has 2 unspecified atom stereocenters. The summed E-state index contributed by atoms with van der Waals surface area (Å²) in [5, 5.41) is 0.570. The Bertz CT molecular complexity index is 409. The molecule has 1 aliphatic rings. The zero-order valence-electron chi connectivity index (χ0n) is 10.7. The summed E-state index contributed by atoms with van der Waals surface area (Å²) in [6.07, 6.45) is 3.07. The van der Waals surface area contributed by atoms with Gasteiger partial charge in [0.05, 0.1) is 6.04 Å². The molecule has 0 saturated carbocycles. The van der Waals surface area contributed by atoms with E-state index in [9.17, 15) is 4.39 Å². The van der Waals surface area contributed by atoms with Crippen LogP contribution in [0.3, 0.4) is 0 Å². The first kappa shape index (κ1) is 13.8. The Balaban J connectivity index is 2.33. The Kier molecular flexibility index (Phi) is 4.60. The first-order valence-corrected chi connectivity index (χ1v) is 6.96. The molecule has 2 N–H and O–H groups in total. The van der Waals surface area contributed by atoms with E-state index in [4.69, 9.17) is 17.3 Å². The van der Waals surface area contributed by atoms with Gasteiger partial charge in [0, 0.05) is 16.6 Å². The summed E-state index contributed by atoms with van der Waals surface area (Å²) in [6.45, 7) is 4.06. The van der Waals surface area contributed by atoms with Crippen molar-refractivity contribution in [3.8, 4) is 0 Å². The molecule has 1 aromatic rings. The van der Waals surface area contributed by atoms with Gasteiger partial charge in [-0.25, -0.2) is 4.39 Å². The van der Waals surface area contributed by atoms with Crippen LogP contribution in [0.2, 0.25) is 5.02 Å². The molecule has 0 spiro atoms. The van der Waals surface area contributed by atoms with Crippen molar-refractivity contribution in [1.82, 2.24) is 4.90 Å². The van der Waals surface area contributed by atoms with Crippen molar-refractivity contribution < 1.29 is 4.39 Å². The highest BCUT2D eigenvalue weighted by Crippen LogP contribution is 2.33. The quantitative estimate of drug-likeness (QED) is 0.913. The lowest BCUT2D eigenvalue weighted by Crippen LogP contribution is -2.46. The Morgan fingerprint density at radius 3 is 3.00 bits per heavy atom. The number of piperidine rings is 1. The Hall–Kier alpha value is -0.640. The van der Waals surface area contributed by atoms with Crippen molar-refractivity contribution in [2.45, 2.75) is 38.3 Å². The number of rotatable bonds is 3. The molecule has 4 heteroatoms. The van der Waals surface area contributed by atoms with Crippen LogP contribution in [0.25, 0.3) is 0 Å². The largest absolute Gasteiger partial charge is 0.326 e. The van der Waals surface area contributed by atoms with E-state index >= 15 is 0 Å². The summed E-state index contributed by atoms with van der Waals surface area (Å²) in [5.41, 5.74) is 6.84. The molecule has 1 heterocycles. The van der Waals surface area contributed by atoms with E-state index in [1.165, 1.54) is 6.07 Å². The molecule has 0 aromatic heterocycles. The molecule has 2 atom stereocenters. The van der Waals surface area contributed by atoms with Crippen LogP contribution in [0.1, 0.15) is 37.8 Å². The molecule has 100 valence electrons. The van der Waals surface area contributed by atoms with Crippen LogP contribution in [0, 0.1) is 5.82 Å². The Morgan fingerprint density at radius 2 is 2.28 bits per heavy atom. The summed E-state index contributed by atoms with van der Waals surface area (Å²) in [4.78, 5) is 2.28. The van der Waals surface area contributed by atoms with Crippen LogP contribution >= 0.6 is 11.6 Å². The molecular weight excluding hydrogens is 251 g/mol. The number of nitrogens with two attached hydrogens (primary N) is 1. The first-order chi connectivity index (χ1) is 8.63. The minimum atomic E-state index is -0.206. The summed E-state index contributed by atoms with van der Waals surface area (Å²) < 4.78 is 14.0. The summed E-state index contributed by atoms with van der Waals surface area (Å²) in [5.74, 6) is -0.206. The molecule has 1 aromatic carbocycles. The average molecular weight is 271 g/mol. The van der Waals surface area contributed by atoms with Crippen molar-refractivity contribution in [3.05, 3.63) is 34.6 Å².